The zero-order valence-electron chi connectivity index (χ0n) is 15.6. The van der Waals surface area contributed by atoms with Gasteiger partial charge in [0.15, 0.2) is 5.11 Å². The van der Waals surface area contributed by atoms with Crippen LogP contribution in [0.15, 0.2) is 54.7 Å². The largest absolute Gasteiger partial charge is 0.497 e. The van der Waals surface area contributed by atoms with Gasteiger partial charge in [-0.3, -0.25) is 0 Å². The molecule has 2 N–H and O–H groups in total. The Bertz CT molecular complexity index is 913. The number of ether oxygens (including phenoxy) is 1. The molecular weight excluding hydrogens is 354 g/mol. The highest BCUT2D eigenvalue weighted by Gasteiger charge is 2.25. The van der Waals surface area contributed by atoms with Crippen molar-refractivity contribution in [3.05, 3.63) is 60.3 Å². The molecule has 3 aromatic rings. The second-order valence-corrected chi connectivity index (χ2v) is 7.47. The van der Waals surface area contributed by atoms with Gasteiger partial charge in [-0.1, -0.05) is 31.0 Å². The first-order chi connectivity index (χ1) is 13.2. The number of methoxy groups -OCH3 is 1. The van der Waals surface area contributed by atoms with Gasteiger partial charge in [0.05, 0.1) is 7.11 Å². The molecule has 2 aromatic carbocycles. The Morgan fingerprint density at radius 3 is 2.63 bits per heavy atom. The van der Waals surface area contributed by atoms with E-state index in [1.807, 2.05) is 24.3 Å². The Morgan fingerprint density at radius 2 is 1.89 bits per heavy atom. The van der Waals surface area contributed by atoms with Crippen LogP contribution in [0.4, 0.5) is 5.69 Å². The van der Waals surface area contributed by atoms with E-state index in [1.54, 1.807) is 7.11 Å². The summed E-state index contributed by atoms with van der Waals surface area (Å²) in [6, 6.07) is 16.8. The number of thiocarbonyl (C=S) groups is 1. The first-order valence-electron chi connectivity index (χ1n) is 9.51. The van der Waals surface area contributed by atoms with Crippen molar-refractivity contribution in [3.8, 4) is 5.75 Å². The van der Waals surface area contributed by atoms with E-state index in [9.17, 15) is 0 Å². The molecular formula is C22H25N3OS. The van der Waals surface area contributed by atoms with Gasteiger partial charge in [-0.05, 0) is 61.0 Å². The Morgan fingerprint density at radius 1 is 1.15 bits per heavy atom. The van der Waals surface area contributed by atoms with Gasteiger partial charge in [0.1, 0.15) is 5.75 Å². The van der Waals surface area contributed by atoms with Crippen molar-refractivity contribution in [2.45, 2.75) is 38.3 Å². The topological polar surface area (TPSA) is 40.3 Å². The molecule has 4 nitrogen and oxygen atoms in total. The van der Waals surface area contributed by atoms with Crippen molar-refractivity contribution in [1.29, 1.82) is 0 Å². The number of H-pyrrole nitrogens is 1. The number of nitrogens with one attached hydrogen (secondary N) is 2. The van der Waals surface area contributed by atoms with E-state index in [0.29, 0.717) is 6.04 Å². The van der Waals surface area contributed by atoms with Crippen LogP contribution in [0.5, 0.6) is 5.75 Å². The van der Waals surface area contributed by atoms with E-state index in [2.05, 4.69) is 45.7 Å². The number of anilines is 1. The molecule has 0 amide bonds. The molecule has 1 fully saturated rings. The first kappa shape index (κ1) is 17.9. The number of aromatic amines is 1. The highest BCUT2D eigenvalue weighted by atomic mass is 32.1. The molecule has 140 valence electrons. The van der Waals surface area contributed by atoms with Crippen LogP contribution in [-0.2, 0) is 6.54 Å². The third kappa shape index (κ3) is 3.93. The molecule has 0 saturated heterocycles. The Balaban J connectivity index is 1.55. The van der Waals surface area contributed by atoms with Gasteiger partial charge in [-0.2, -0.15) is 0 Å². The van der Waals surface area contributed by atoms with Crippen molar-refractivity contribution in [2.75, 3.05) is 12.4 Å². The molecule has 4 rings (SSSR count). The molecule has 27 heavy (non-hydrogen) atoms. The average molecular weight is 380 g/mol. The molecule has 0 atom stereocenters. The number of rotatable bonds is 5. The van der Waals surface area contributed by atoms with Crippen LogP contribution in [0.2, 0.25) is 0 Å². The van der Waals surface area contributed by atoms with Crippen LogP contribution in [0.1, 0.15) is 31.2 Å². The summed E-state index contributed by atoms with van der Waals surface area (Å²) in [6.07, 6.45) is 7.07. The fraction of sp³-hybridized carbons (Fsp3) is 0.318. The molecule has 1 saturated carbocycles. The third-order valence-electron chi connectivity index (χ3n) is 5.38. The number of hydrogen-bond acceptors (Lipinski definition) is 2. The van der Waals surface area contributed by atoms with Gasteiger partial charge in [0, 0.05) is 35.4 Å². The molecule has 0 spiro atoms. The third-order valence-corrected chi connectivity index (χ3v) is 5.72. The fourth-order valence-corrected chi connectivity index (χ4v) is 4.23. The minimum atomic E-state index is 0.497. The lowest BCUT2D eigenvalue weighted by atomic mass is 10.1. The predicted octanol–water partition coefficient (Wildman–Crippen LogP) is 5.32. The number of para-hydroxylation sites is 1. The molecule has 1 heterocycles. The van der Waals surface area contributed by atoms with E-state index < -0.39 is 0 Å². The van der Waals surface area contributed by atoms with E-state index in [4.69, 9.17) is 17.0 Å². The molecule has 0 bridgehead atoms. The quantitative estimate of drug-likeness (QED) is 0.589. The van der Waals surface area contributed by atoms with Crippen LogP contribution >= 0.6 is 12.2 Å². The van der Waals surface area contributed by atoms with Crippen LogP contribution < -0.4 is 10.1 Å². The zero-order chi connectivity index (χ0) is 18.6. The summed E-state index contributed by atoms with van der Waals surface area (Å²) in [4.78, 5) is 5.74. The number of aromatic nitrogens is 1. The van der Waals surface area contributed by atoms with E-state index in [1.165, 1.54) is 42.1 Å². The van der Waals surface area contributed by atoms with Crippen LogP contribution in [-0.4, -0.2) is 28.1 Å². The molecule has 1 aromatic heterocycles. The van der Waals surface area contributed by atoms with E-state index in [-0.39, 0.29) is 0 Å². The Labute approximate surface area is 165 Å². The summed E-state index contributed by atoms with van der Waals surface area (Å²) >= 11 is 5.82. The number of nitrogens with zero attached hydrogens (tertiary/aromatic N) is 1. The van der Waals surface area contributed by atoms with Crippen LogP contribution in [0, 0.1) is 0 Å². The fourth-order valence-electron chi connectivity index (χ4n) is 3.90. The van der Waals surface area contributed by atoms with Crippen molar-refractivity contribution < 1.29 is 4.74 Å². The SMILES string of the molecule is COc1ccc(NC(=S)N(Cc2c[nH]c3ccccc23)C2CCCC2)cc1. The second kappa shape index (κ2) is 8.01. The summed E-state index contributed by atoms with van der Waals surface area (Å²) in [6.45, 7) is 0.816. The van der Waals surface area contributed by atoms with Crippen molar-refractivity contribution in [3.63, 3.8) is 0 Å². The highest BCUT2D eigenvalue weighted by molar-refractivity contribution is 7.80. The highest BCUT2D eigenvalue weighted by Crippen LogP contribution is 2.28. The molecule has 0 aliphatic heterocycles. The maximum absolute atomic E-state index is 5.82. The maximum Gasteiger partial charge on any atom is 0.173 e. The average Bonchev–Trinajstić information content (AvgIpc) is 3.37. The molecule has 1 aliphatic carbocycles. The second-order valence-electron chi connectivity index (χ2n) is 7.08. The molecule has 0 radical (unpaired) electrons. The lowest BCUT2D eigenvalue weighted by Gasteiger charge is -2.31. The van der Waals surface area contributed by atoms with E-state index in [0.717, 1.165) is 23.1 Å². The Kier molecular flexibility index (Phi) is 5.30. The summed E-state index contributed by atoms with van der Waals surface area (Å²) in [7, 11) is 1.68. The number of benzene rings is 2. The summed E-state index contributed by atoms with van der Waals surface area (Å²) in [5.41, 5.74) is 3.45. The van der Waals surface area contributed by atoms with E-state index >= 15 is 0 Å². The minimum absolute atomic E-state index is 0.497. The normalized spacial score (nSPS) is 14.4. The maximum atomic E-state index is 5.82. The summed E-state index contributed by atoms with van der Waals surface area (Å²) < 4.78 is 5.24. The molecule has 5 heteroatoms. The van der Waals surface area contributed by atoms with Gasteiger partial charge < -0.3 is 19.9 Å². The van der Waals surface area contributed by atoms with Gasteiger partial charge in [0.2, 0.25) is 0 Å². The van der Waals surface area contributed by atoms with Crippen LogP contribution in [0.3, 0.4) is 0 Å². The zero-order valence-corrected chi connectivity index (χ0v) is 16.4. The number of fused-ring (bicyclic) bond motifs is 1. The smallest absolute Gasteiger partial charge is 0.173 e. The monoisotopic (exact) mass is 379 g/mol. The lowest BCUT2D eigenvalue weighted by molar-refractivity contribution is 0.313. The predicted molar refractivity (Wildman–Crippen MR) is 115 cm³/mol. The summed E-state index contributed by atoms with van der Waals surface area (Å²) in [5, 5.41) is 5.48. The Hall–Kier alpha value is -2.53. The van der Waals surface area contributed by atoms with Gasteiger partial charge in [-0.15, -0.1) is 0 Å². The molecule has 0 unspecified atom stereocenters. The minimum Gasteiger partial charge on any atom is -0.497 e. The lowest BCUT2D eigenvalue weighted by Crippen LogP contribution is -2.40. The van der Waals surface area contributed by atoms with Crippen molar-refractivity contribution >= 4 is 33.9 Å². The number of hydrogen-bond donors (Lipinski definition) is 2. The van der Waals surface area contributed by atoms with Crippen molar-refractivity contribution in [2.24, 2.45) is 0 Å². The van der Waals surface area contributed by atoms with Gasteiger partial charge in [0.25, 0.3) is 0 Å². The summed E-state index contributed by atoms with van der Waals surface area (Å²) in [5.74, 6) is 0.845. The first-order valence-corrected chi connectivity index (χ1v) is 9.92. The van der Waals surface area contributed by atoms with Gasteiger partial charge in [-0.25, -0.2) is 0 Å². The molecule has 1 aliphatic rings. The van der Waals surface area contributed by atoms with Gasteiger partial charge >= 0.3 is 0 Å². The standard InChI is InChI=1S/C22H25N3OS/c1-26-19-12-10-17(11-13-19)24-22(27)25(18-6-2-3-7-18)15-16-14-23-21-9-5-4-8-20(16)21/h4-5,8-14,18,23H,2-3,6-7,15H2,1H3,(H,24,27). The van der Waals surface area contributed by atoms with Crippen molar-refractivity contribution in [1.82, 2.24) is 9.88 Å². The van der Waals surface area contributed by atoms with Crippen LogP contribution in [0.25, 0.3) is 10.9 Å².